The predicted octanol–water partition coefficient (Wildman–Crippen LogP) is 3.31. The minimum atomic E-state index is -1.23. The summed E-state index contributed by atoms with van der Waals surface area (Å²) in [6.07, 6.45) is 0.988. The Morgan fingerprint density at radius 3 is 1.50 bits per heavy atom. The van der Waals surface area contributed by atoms with Crippen LogP contribution in [0.15, 0.2) is 48.5 Å². The fraction of sp³-hybridized carbons (Fsp3) is 0.278. The van der Waals surface area contributed by atoms with Crippen LogP contribution in [0.2, 0.25) is 0 Å². The monoisotopic (exact) mass is 261 g/mol. The molecule has 0 atom stereocenters. The van der Waals surface area contributed by atoms with Crippen LogP contribution in [0.25, 0.3) is 0 Å². The van der Waals surface area contributed by atoms with Gasteiger partial charge < -0.3 is 5.11 Å². The van der Waals surface area contributed by atoms with Crippen molar-refractivity contribution in [3.8, 4) is 6.07 Å². The largest absolute Gasteiger partial charge is 0.375 e. The number of fused-ring (bicyclic) bond motifs is 2. The Morgan fingerprint density at radius 1 is 0.850 bits per heavy atom. The maximum atomic E-state index is 10.6. The molecule has 2 nitrogen and oxygen atoms in total. The van der Waals surface area contributed by atoms with Crippen molar-refractivity contribution < 1.29 is 5.11 Å². The second kappa shape index (κ2) is 3.94. The minimum Gasteiger partial charge on any atom is -0.375 e. The van der Waals surface area contributed by atoms with Gasteiger partial charge in [-0.3, -0.25) is 0 Å². The Kier molecular flexibility index (Phi) is 2.31. The zero-order valence-electron chi connectivity index (χ0n) is 11.1. The zero-order chi connectivity index (χ0) is 13.7. The summed E-state index contributed by atoms with van der Waals surface area (Å²) in [5.41, 5.74) is 3.89. The van der Waals surface area contributed by atoms with Gasteiger partial charge >= 0.3 is 0 Å². The highest BCUT2D eigenvalue weighted by molar-refractivity contribution is 5.55. The average molecular weight is 261 g/mol. The van der Waals surface area contributed by atoms with Gasteiger partial charge in [0.05, 0.1) is 6.07 Å². The van der Waals surface area contributed by atoms with Crippen molar-refractivity contribution >= 4 is 0 Å². The highest BCUT2D eigenvalue weighted by Crippen LogP contribution is 2.52. The molecule has 1 N–H and O–H groups in total. The third-order valence-electron chi connectivity index (χ3n) is 4.79. The zero-order valence-corrected chi connectivity index (χ0v) is 11.1. The van der Waals surface area contributed by atoms with E-state index in [4.69, 9.17) is 0 Å². The molecule has 0 amide bonds. The van der Waals surface area contributed by atoms with Gasteiger partial charge in [-0.15, -0.1) is 0 Å². The number of aliphatic hydroxyl groups is 1. The molecule has 2 aromatic rings. The van der Waals surface area contributed by atoms with Gasteiger partial charge in [0.2, 0.25) is 0 Å². The van der Waals surface area contributed by atoms with E-state index < -0.39 is 5.60 Å². The van der Waals surface area contributed by atoms with Gasteiger partial charge in [0.25, 0.3) is 0 Å². The van der Waals surface area contributed by atoms with Gasteiger partial charge in [-0.05, 0) is 22.3 Å². The summed E-state index contributed by atoms with van der Waals surface area (Å²) in [6, 6.07) is 18.9. The van der Waals surface area contributed by atoms with Crippen molar-refractivity contribution in [2.45, 2.75) is 30.3 Å². The molecule has 3 aliphatic rings. The quantitative estimate of drug-likeness (QED) is 0.739. The first-order valence-electron chi connectivity index (χ1n) is 7.03. The maximum absolute atomic E-state index is 10.6. The molecule has 3 aliphatic carbocycles. The molecule has 0 unspecified atom stereocenters. The van der Waals surface area contributed by atoms with E-state index in [2.05, 4.69) is 30.3 Å². The molecule has 0 saturated carbocycles. The molecular formula is C18H15NO. The third-order valence-corrected chi connectivity index (χ3v) is 4.79. The average Bonchev–Trinajstić information content (AvgIpc) is 2.72. The summed E-state index contributed by atoms with van der Waals surface area (Å²) >= 11 is 0. The smallest absolute Gasteiger partial charge is 0.152 e. The van der Waals surface area contributed by atoms with Gasteiger partial charge in [-0.1, -0.05) is 48.5 Å². The van der Waals surface area contributed by atoms with Gasteiger partial charge in [-0.2, -0.15) is 5.26 Å². The van der Waals surface area contributed by atoms with Crippen molar-refractivity contribution in [2.75, 3.05) is 0 Å². The molecule has 5 rings (SSSR count). The molecule has 0 heterocycles. The number of nitriles is 1. The Labute approximate surface area is 118 Å². The standard InChI is InChI=1S/C18H15NO/c19-11-18(20)9-16-12-5-1-2-6-13(12)17(10-18)15-8-4-3-7-14(15)16/h1-8,16-17,20H,9-10H2. The first-order valence-corrected chi connectivity index (χ1v) is 7.03. The summed E-state index contributed by atoms with van der Waals surface area (Å²) in [5, 5.41) is 20.0. The van der Waals surface area contributed by atoms with E-state index in [-0.39, 0.29) is 11.8 Å². The summed E-state index contributed by atoms with van der Waals surface area (Å²) in [6.45, 7) is 0. The molecule has 2 bridgehead atoms. The number of rotatable bonds is 0. The van der Waals surface area contributed by atoms with Crippen LogP contribution in [0.1, 0.15) is 46.9 Å². The molecule has 0 aliphatic heterocycles. The molecular weight excluding hydrogens is 246 g/mol. The van der Waals surface area contributed by atoms with Crippen LogP contribution in [0.3, 0.4) is 0 Å². The second-order valence-corrected chi connectivity index (χ2v) is 5.91. The normalized spacial score (nSPS) is 30.0. The van der Waals surface area contributed by atoms with E-state index in [1.54, 1.807) is 0 Å². The molecule has 0 aromatic heterocycles. The van der Waals surface area contributed by atoms with Gasteiger partial charge in [0.15, 0.2) is 5.60 Å². The predicted molar refractivity (Wildman–Crippen MR) is 76.4 cm³/mol. The lowest BCUT2D eigenvalue weighted by Crippen LogP contribution is -2.27. The number of benzene rings is 2. The van der Waals surface area contributed by atoms with Crippen molar-refractivity contribution in [1.82, 2.24) is 0 Å². The van der Waals surface area contributed by atoms with E-state index in [9.17, 15) is 10.4 Å². The van der Waals surface area contributed by atoms with Gasteiger partial charge in [0.1, 0.15) is 0 Å². The van der Waals surface area contributed by atoms with Crippen LogP contribution in [0.4, 0.5) is 0 Å². The Balaban J connectivity index is 2.01. The van der Waals surface area contributed by atoms with E-state index in [1.165, 1.54) is 22.3 Å². The van der Waals surface area contributed by atoms with Gasteiger partial charge in [0, 0.05) is 24.7 Å². The van der Waals surface area contributed by atoms with E-state index in [1.807, 2.05) is 24.3 Å². The molecule has 0 fully saturated rings. The first kappa shape index (κ1) is 11.7. The van der Waals surface area contributed by atoms with Crippen molar-refractivity contribution in [3.05, 3.63) is 70.8 Å². The minimum absolute atomic E-state index is 0.130. The molecule has 2 aromatic carbocycles. The Hall–Kier alpha value is -2.11. The fourth-order valence-corrected chi connectivity index (χ4v) is 3.92. The summed E-state index contributed by atoms with van der Waals surface area (Å²) < 4.78 is 0. The van der Waals surface area contributed by atoms with E-state index >= 15 is 0 Å². The van der Waals surface area contributed by atoms with Crippen molar-refractivity contribution in [1.29, 1.82) is 5.26 Å². The third kappa shape index (κ3) is 1.47. The van der Waals surface area contributed by atoms with Crippen LogP contribution < -0.4 is 0 Å². The number of hydrogen-bond acceptors (Lipinski definition) is 2. The summed E-state index contributed by atoms with van der Waals surface area (Å²) in [7, 11) is 0. The molecule has 0 radical (unpaired) electrons. The highest BCUT2D eigenvalue weighted by Gasteiger charge is 2.45. The van der Waals surface area contributed by atoms with Crippen LogP contribution in [0.5, 0.6) is 0 Å². The van der Waals surface area contributed by atoms with Gasteiger partial charge in [-0.25, -0.2) is 0 Å². The molecule has 0 spiro atoms. The Morgan fingerprint density at radius 2 is 1.20 bits per heavy atom. The van der Waals surface area contributed by atoms with E-state index in [0.717, 1.165) is 0 Å². The Bertz CT molecular complexity index is 629. The van der Waals surface area contributed by atoms with Crippen molar-refractivity contribution in [2.24, 2.45) is 0 Å². The summed E-state index contributed by atoms with van der Waals surface area (Å²) in [4.78, 5) is 0. The SMILES string of the molecule is N#CC1(O)CC2c3ccccc3C(C1)c1ccccc12. The van der Waals surface area contributed by atoms with Crippen LogP contribution in [-0.4, -0.2) is 10.7 Å². The summed E-state index contributed by atoms with van der Waals surface area (Å²) in [5.74, 6) is 0.261. The first-order chi connectivity index (χ1) is 9.72. The van der Waals surface area contributed by atoms with Crippen LogP contribution in [-0.2, 0) is 0 Å². The molecule has 2 heteroatoms. The van der Waals surface area contributed by atoms with Crippen LogP contribution in [0, 0.1) is 11.3 Å². The molecule has 20 heavy (non-hydrogen) atoms. The van der Waals surface area contributed by atoms with Crippen LogP contribution >= 0.6 is 0 Å². The second-order valence-electron chi connectivity index (χ2n) is 5.91. The van der Waals surface area contributed by atoms with E-state index in [0.29, 0.717) is 12.8 Å². The fourth-order valence-electron chi connectivity index (χ4n) is 3.92. The number of hydrogen-bond donors (Lipinski definition) is 1. The maximum Gasteiger partial charge on any atom is 0.152 e. The molecule has 98 valence electrons. The lowest BCUT2D eigenvalue weighted by atomic mass is 9.74. The topological polar surface area (TPSA) is 44.0 Å². The highest BCUT2D eigenvalue weighted by atomic mass is 16.3. The molecule has 0 saturated heterocycles. The van der Waals surface area contributed by atoms with Crippen molar-refractivity contribution in [3.63, 3.8) is 0 Å². The number of nitrogens with zero attached hydrogens (tertiary/aromatic N) is 1. The lowest BCUT2D eigenvalue weighted by Gasteiger charge is -2.30. The lowest BCUT2D eigenvalue weighted by molar-refractivity contribution is 0.0783.